The Hall–Kier alpha value is -1.71. The van der Waals surface area contributed by atoms with E-state index >= 15 is 0 Å². The number of hydrogen-bond donors (Lipinski definition) is 2. The van der Waals surface area contributed by atoms with Crippen LogP contribution in [0, 0.1) is 5.41 Å². The number of fused-ring (bicyclic) bond motifs is 1. The molecular formula is C15H22N2O2. The predicted octanol–water partition coefficient (Wildman–Crippen LogP) is 3.25. The molecule has 0 aromatic heterocycles. The van der Waals surface area contributed by atoms with Gasteiger partial charge in [-0.05, 0) is 24.0 Å². The van der Waals surface area contributed by atoms with Gasteiger partial charge in [-0.1, -0.05) is 20.8 Å². The van der Waals surface area contributed by atoms with Gasteiger partial charge >= 0.3 is 0 Å². The number of carbonyl (C=O) groups excluding carboxylic acids is 1. The third-order valence-corrected chi connectivity index (χ3v) is 3.15. The van der Waals surface area contributed by atoms with Crippen molar-refractivity contribution in [1.82, 2.24) is 0 Å². The van der Waals surface area contributed by atoms with Crippen LogP contribution in [-0.2, 0) is 4.79 Å². The predicted molar refractivity (Wildman–Crippen MR) is 77.7 cm³/mol. The Labute approximate surface area is 114 Å². The molecule has 0 saturated carbocycles. The summed E-state index contributed by atoms with van der Waals surface area (Å²) in [6, 6.07) is 5.80. The molecule has 1 amide bonds. The smallest absolute Gasteiger partial charge is 0.226 e. The molecule has 4 heteroatoms. The van der Waals surface area contributed by atoms with Crippen LogP contribution in [0.15, 0.2) is 18.2 Å². The molecule has 0 spiro atoms. The molecule has 1 aromatic rings. The second-order valence-corrected chi connectivity index (χ2v) is 6.27. The number of ether oxygens (including phenoxy) is 1. The van der Waals surface area contributed by atoms with Crippen LogP contribution in [0.25, 0.3) is 0 Å². The molecule has 0 fully saturated rings. The van der Waals surface area contributed by atoms with Crippen molar-refractivity contribution in [3.05, 3.63) is 18.2 Å². The van der Waals surface area contributed by atoms with Crippen molar-refractivity contribution in [2.75, 3.05) is 17.7 Å². The van der Waals surface area contributed by atoms with Crippen LogP contribution in [0.2, 0.25) is 0 Å². The maximum atomic E-state index is 11.9. The summed E-state index contributed by atoms with van der Waals surface area (Å²) < 4.78 is 5.23. The van der Waals surface area contributed by atoms with Gasteiger partial charge in [0.1, 0.15) is 5.75 Å². The number of nitrogens with one attached hydrogen (secondary N) is 2. The zero-order chi connectivity index (χ0) is 14.0. The third kappa shape index (κ3) is 3.63. The summed E-state index contributed by atoms with van der Waals surface area (Å²) in [6.45, 7) is 6.55. The van der Waals surface area contributed by atoms with Crippen LogP contribution >= 0.6 is 0 Å². The van der Waals surface area contributed by atoms with Crippen molar-refractivity contribution in [1.29, 1.82) is 0 Å². The minimum Gasteiger partial charge on any atom is -0.497 e. The summed E-state index contributed by atoms with van der Waals surface area (Å²) in [6.07, 6.45) is 1.44. The molecule has 1 unspecified atom stereocenters. The summed E-state index contributed by atoms with van der Waals surface area (Å²) in [5, 5.41) is 6.39. The molecule has 1 aliphatic heterocycles. The molecule has 104 valence electrons. The number of amides is 1. The Balaban J connectivity index is 2.26. The number of methoxy groups -OCH3 is 1. The molecule has 0 bridgehead atoms. The fraction of sp³-hybridized carbons (Fsp3) is 0.533. The molecule has 1 heterocycles. The average Bonchev–Trinajstić information content (AvgIpc) is 2.43. The number of carbonyl (C=O) groups is 1. The second kappa shape index (κ2) is 5.11. The van der Waals surface area contributed by atoms with Gasteiger partial charge in [0.25, 0.3) is 0 Å². The second-order valence-electron chi connectivity index (χ2n) is 6.27. The third-order valence-electron chi connectivity index (χ3n) is 3.15. The fourth-order valence-electron chi connectivity index (χ4n) is 2.44. The van der Waals surface area contributed by atoms with Crippen LogP contribution in [0.1, 0.15) is 33.6 Å². The maximum Gasteiger partial charge on any atom is 0.226 e. The van der Waals surface area contributed by atoms with Crippen LogP contribution < -0.4 is 15.4 Å². The van der Waals surface area contributed by atoms with Crippen LogP contribution in [-0.4, -0.2) is 19.1 Å². The topological polar surface area (TPSA) is 50.4 Å². The van der Waals surface area contributed by atoms with Crippen molar-refractivity contribution in [3.63, 3.8) is 0 Å². The highest BCUT2D eigenvalue weighted by Crippen LogP contribution is 2.33. The minimum atomic E-state index is 0.0608. The fourth-order valence-corrected chi connectivity index (χ4v) is 2.44. The molecule has 2 rings (SSSR count). The van der Waals surface area contributed by atoms with Gasteiger partial charge in [0, 0.05) is 18.5 Å². The first-order valence-electron chi connectivity index (χ1n) is 6.62. The van der Waals surface area contributed by atoms with Gasteiger partial charge in [-0.3, -0.25) is 4.79 Å². The van der Waals surface area contributed by atoms with E-state index in [2.05, 4.69) is 31.4 Å². The van der Waals surface area contributed by atoms with Gasteiger partial charge in [-0.2, -0.15) is 0 Å². The van der Waals surface area contributed by atoms with Gasteiger partial charge in [0.15, 0.2) is 0 Å². The number of hydrogen-bond acceptors (Lipinski definition) is 3. The van der Waals surface area contributed by atoms with Crippen LogP contribution in [0.4, 0.5) is 11.4 Å². The number of benzene rings is 1. The zero-order valence-corrected chi connectivity index (χ0v) is 12.0. The van der Waals surface area contributed by atoms with Crippen molar-refractivity contribution in [2.24, 2.45) is 5.41 Å². The summed E-state index contributed by atoms with van der Waals surface area (Å²) >= 11 is 0. The van der Waals surface area contributed by atoms with Crippen LogP contribution in [0.3, 0.4) is 0 Å². The zero-order valence-electron chi connectivity index (χ0n) is 12.0. The van der Waals surface area contributed by atoms with E-state index in [0.717, 1.165) is 23.5 Å². The van der Waals surface area contributed by atoms with Crippen molar-refractivity contribution < 1.29 is 9.53 Å². The first-order valence-corrected chi connectivity index (χ1v) is 6.62. The lowest BCUT2D eigenvalue weighted by Gasteiger charge is -2.26. The summed E-state index contributed by atoms with van der Waals surface area (Å²) in [7, 11) is 1.64. The Kier molecular flexibility index (Phi) is 3.69. The summed E-state index contributed by atoms with van der Waals surface area (Å²) in [5.74, 6) is 0.850. The molecular weight excluding hydrogens is 240 g/mol. The minimum absolute atomic E-state index is 0.0608. The highest BCUT2D eigenvalue weighted by atomic mass is 16.5. The normalized spacial score (nSPS) is 18.9. The van der Waals surface area contributed by atoms with Crippen molar-refractivity contribution in [3.8, 4) is 5.75 Å². The summed E-state index contributed by atoms with van der Waals surface area (Å²) in [4.78, 5) is 11.9. The van der Waals surface area contributed by atoms with Crippen LogP contribution in [0.5, 0.6) is 5.75 Å². The largest absolute Gasteiger partial charge is 0.497 e. The highest BCUT2D eigenvalue weighted by molar-refractivity contribution is 5.96. The van der Waals surface area contributed by atoms with Gasteiger partial charge in [0.05, 0.1) is 18.5 Å². The monoisotopic (exact) mass is 262 g/mol. The number of rotatable bonds is 2. The molecule has 1 aromatic carbocycles. The lowest BCUT2D eigenvalue weighted by atomic mass is 9.87. The molecule has 4 nitrogen and oxygen atoms in total. The SMILES string of the molecule is COc1ccc2c(c1)NC(CC(C)(C)C)CC(=O)N2. The molecule has 1 aliphatic rings. The van der Waals surface area contributed by atoms with E-state index in [1.807, 2.05) is 18.2 Å². The Morgan fingerprint density at radius 2 is 2.05 bits per heavy atom. The van der Waals surface area contributed by atoms with Crippen molar-refractivity contribution in [2.45, 2.75) is 39.7 Å². The van der Waals surface area contributed by atoms with E-state index in [0.29, 0.717) is 6.42 Å². The Morgan fingerprint density at radius 3 is 2.68 bits per heavy atom. The van der Waals surface area contributed by atoms with E-state index in [1.165, 1.54) is 0 Å². The first kappa shape index (κ1) is 13.7. The van der Waals surface area contributed by atoms with E-state index in [4.69, 9.17) is 4.74 Å². The quantitative estimate of drug-likeness (QED) is 0.860. The van der Waals surface area contributed by atoms with Crippen molar-refractivity contribution >= 4 is 17.3 Å². The van der Waals surface area contributed by atoms with Gasteiger partial charge < -0.3 is 15.4 Å². The standard InChI is InChI=1S/C15H22N2O2/c1-15(2,3)9-10-7-14(18)17-12-6-5-11(19-4)8-13(12)16-10/h5-6,8,10,16H,7,9H2,1-4H3,(H,17,18). The van der Waals surface area contributed by atoms with E-state index < -0.39 is 0 Å². The van der Waals surface area contributed by atoms with E-state index in [-0.39, 0.29) is 17.4 Å². The maximum absolute atomic E-state index is 11.9. The Morgan fingerprint density at radius 1 is 1.32 bits per heavy atom. The number of anilines is 2. The Bertz CT molecular complexity index is 478. The molecule has 0 saturated heterocycles. The highest BCUT2D eigenvalue weighted by Gasteiger charge is 2.25. The van der Waals surface area contributed by atoms with Gasteiger partial charge in [0.2, 0.25) is 5.91 Å². The average molecular weight is 262 g/mol. The molecule has 2 N–H and O–H groups in total. The first-order chi connectivity index (χ1) is 8.87. The van der Waals surface area contributed by atoms with E-state index in [9.17, 15) is 4.79 Å². The molecule has 0 radical (unpaired) electrons. The van der Waals surface area contributed by atoms with Gasteiger partial charge in [-0.15, -0.1) is 0 Å². The molecule has 0 aliphatic carbocycles. The molecule has 1 atom stereocenters. The summed E-state index contributed by atoms with van der Waals surface area (Å²) in [5.41, 5.74) is 1.93. The van der Waals surface area contributed by atoms with E-state index in [1.54, 1.807) is 7.11 Å². The lowest BCUT2D eigenvalue weighted by Crippen LogP contribution is -2.27. The molecule has 19 heavy (non-hydrogen) atoms. The van der Waals surface area contributed by atoms with Gasteiger partial charge in [-0.25, -0.2) is 0 Å². The lowest BCUT2D eigenvalue weighted by molar-refractivity contribution is -0.116.